The third-order valence-corrected chi connectivity index (χ3v) is 11.4. The van der Waals surface area contributed by atoms with Crippen molar-refractivity contribution in [2.24, 2.45) is 0 Å². The second kappa shape index (κ2) is 10.9. The fraction of sp³-hybridized carbons (Fsp3) is 0.0200. The third kappa shape index (κ3) is 3.79. The van der Waals surface area contributed by atoms with Crippen LogP contribution in [-0.2, 0) is 0 Å². The van der Waals surface area contributed by atoms with E-state index in [-0.39, 0.29) is 0 Å². The van der Waals surface area contributed by atoms with Crippen LogP contribution in [0.15, 0.2) is 170 Å². The summed E-state index contributed by atoms with van der Waals surface area (Å²) in [6.45, 7) is 2.06. The highest BCUT2D eigenvalue weighted by Crippen LogP contribution is 2.50. The van der Waals surface area contributed by atoms with Gasteiger partial charge < -0.3 is 9.30 Å². The molecular formula is C50H32N4. The van der Waals surface area contributed by atoms with Gasteiger partial charge in [0.25, 0.3) is 0 Å². The van der Waals surface area contributed by atoms with Crippen LogP contribution in [0.4, 0.5) is 17.1 Å². The van der Waals surface area contributed by atoms with Crippen LogP contribution in [0.25, 0.3) is 93.3 Å². The summed E-state index contributed by atoms with van der Waals surface area (Å²) in [5.74, 6) is 0. The number of benzene rings is 7. The molecular weight excluding hydrogens is 657 g/mol. The monoisotopic (exact) mass is 688 g/mol. The number of para-hydroxylation sites is 4. The van der Waals surface area contributed by atoms with Gasteiger partial charge in [-0.15, -0.1) is 0 Å². The molecule has 12 rings (SSSR count). The first-order valence-corrected chi connectivity index (χ1v) is 18.6. The molecule has 0 saturated heterocycles. The quantitative estimate of drug-likeness (QED) is 0.168. The number of allylic oxidation sites excluding steroid dienone is 3. The van der Waals surface area contributed by atoms with E-state index < -0.39 is 0 Å². The van der Waals surface area contributed by atoms with E-state index in [1.165, 1.54) is 65.2 Å². The van der Waals surface area contributed by atoms with Crippen LogP contribution in [0.5, 0.6) is 0 Å². The number of hydrogen-bond donors (Lipinski definition) is 0. The van der Waals surface area contributed by atoms with Crippen molar-refractivity contribution in [3.63, 3.8) is 0 Å². The van der Waals surface area contributed by atoms with E-state index in [0.717, 1.165) is 44.6 Å². The maximum Gasteiger partial charge on any atom is 0.146 e. The molecule has 0 amide bonds. The standard InChI is InChI=1S/C50H32N4/c1-2-3-6-16-31-27-28-38-40-30-43-45(39-25-15-24-37-36-23-13-14-26-42(36)53(43)46(37)39)51-50(40)54-47(38)44(31)41-29-32-17-11-12-22-35(32)48(49(41)54)52(33-18-7-4-8-19-33)34-20-9-5-10-21-34/h2-30H,1H3/b3-2-,16-6-. The average Bonchev–Trinajstić information content (AvgIpc) is 3.94. The van der Waals surface area contributed by atoms with Crippen molar-refractivity contribution in [1.29, 1.82) is 0 Å². The molecule has 0 aliphatic rings. The highest BCUT2D eigenvalue weighted by atomic mass is 15.2. The molecule has 54 heavy (non-hydrogen) atoms. The Hall–Kier alpha value is -7.17. The molecule has 12 aromatic rings. The highest BCUT2D eigenvalue weighted by Gasteiger charge is 2.28. The lowest BCUT2D eigenvalue weighted by molar-refractivity contribution is 1.26. The third-order valence-electron chi connectivity index (χ3n) is 11.4. The minimum Gasteiger partial charge on any atom is -0.308 e. The predicted octanol–water partition coefficient (Wildman–Crippen LogP) is 13.6. The van der Waals surface area contributed by atoms with Crippen molar-refractivity contribution in [2.75, 3.05) is 4.90 Å². The van der Waals surface area contributed by atoms with Crippen LogP contribution in [0.2, 0.25) is 0 Å². The van der Waals surface area contributed by atoms with E-state index >= 15 is 0 Å². The summed E-state index contributed by atoms with van der Waals surface area (Å²) in [4.78, 5) is 8.18. The molecule has 7 aromatic carbocycles. The van der Waals surface area contributed by atoms with Crippen LogP contribution >= 0.6 is 0 Å². The number of anilines is 3. The first-order valence-electron chi connectivity index (χ1n) is 18.6. The van der Waals surface area contributed by atoms with Crippen LogP contribution < -0.4 is 4.90 Å². The lowest BCUT2D eigenvalue weighted by Crippen LogP contribution is -2.11. The number of aromatic nitrogens is 3. The summed E-state index contributed by atoms with van der Waals surface area (Å²) in [7, 11) is 0. The Morgan fingerprint density at radius 1 is 0.500 bits per heavy atom. The van der Waals surface area contributed by atoms with Gasteiger partial charge in [-0.2, -0.15) is 0 Å². The summed E-state index contributed by atoms with van der Waals surface area (Å²) in [6.07, 6.45) is 8.58. The molecule has 252 valence electrons. The lowest BCUT2D eigenvalue weighted by Gasteiger charge is -2.28. The summed E-state index contributed by atoms with van der Waals surface area (Å²) >= 11 is 0. The first-order chi connectivity index (χ1) is 26.8. The Bertz CT molecular complexity index is 3460. The van der Waals surface area contributed by atoms with Gasteiger partial charge in [-0.05, 0) is 60.3 Å². The normalized spacial score (nSPS) is 12.8. The van der Waals surface area contributed by atoms with Gasteiger partial charge in [-0.25, -0.2) is 4.98 Å². The van der Waals surface area contributed by atoms with E-state index in [2.05, 4.69) is 197 Å². The largest absolute Gasteiger partial charge is 0.308 e. The second-order valence-corrected chi connectivity index (χ2v) is 14.3. The molecule has 0 N–H and O–H groups in total. The summed E-state index contributed by atoms with van der Waals surface area (Å²) in [5, 5.41) is 10.9. The first kappa shape index (κ1) is 29.4. The van der Waals surface area contributed by atoms with Crippen molar-refractivity contribution in [2.45, 2.75) is 6.92 Å². The number of rotatable bonds is 5. The van der Waals surface area contributed by atoms with Crippen molar-refractivity contribution < 1.29 is 0 Å². The minimum atomic E-state index is 0.975. The van der Waals surface area contributed by atoms with Crippen molar-refractivity contribution >= 4 is 110 Å². The molecule has 0 fully saturated rings. The molecule has 0 unspecified atom stereocenters. The number of hydrogen-bond acceptors (Lipinski definition) is 2. The molecule has 0 saturated carbocycles. The molecule has 0 bridgehead atoms. The van der Waals surface area contributed by atoms with Crippen molar-refractivity contribution in [1.82, 2.24) is 13.8 Å². The fourth-order valence-electron chi connectivity index (χ4n) is 9.28. The fourth-order valence-corrected chi connectivity index (χ4v) is 9.28. The van der Waals surface area contributed by atoms with Gasteiger partial charge >= 0.3 is 0 Å². The van der Waals surface area contributed by atoms with Gasteiger partial charge in [-0.1, -0.05) is 133 Å². The minimum absolute atomic E-state index is 0.975. The molecule has 0 aliphatic carbocycles. The predicted molar refractivity (Wildman–Crippen MR) is 230 cm³/mol. The molecule has 4 nitrogen and oxygen atoms in total. The van der Waals surface area contributed by atoms with Crippen LogP contribution in [0.3, 0.4) is 0 Å². The van der Waals surface area contributed by atoms with Gasteiger partial charge in [0.15, 0.2) is 0 Å². The highest BCUT2D eigenvalue weighted by molar-refractivity contribution is 6.31. The van der Waals surface area contributed by atoms with Gasteiger partial charge in [0.1, 0.15) is 5.65 Å². The van der Waals surface area contributed by atoms with E-state index in [4.69, 9.17) is 4.98 Å². The Kier molecular flexibility index (Phi) is 5.95. The Balaban J connectivity index is 1.33. The molecule has 4 heteroatoms. The average molecular weight is 689 g/mol. The number of pyridine rings is 1. The van der Waals surface area contributed by atoms with Gasteiger partial charge in [0.2, 0.25) is 0 Å². The molecule has 5 heterocycles. The van der Waals surface area contributed by atoms with E-state index in [9.17, 15) is 0 Å². The SMILES string of the molecule is C/C=C\C=C/c1ccc2c3cc4c(nc3n3c5c(N(c6ccccc6)c6ccccc6)c6ccccc6cc5c1c23)c1cccc2c3ccccc3n4c21. The zero-order valence-corrected chi connectivity index (χ0v) is 29.5. The van der Waals surface area contributed by atoms with Crippen LogP contribution in [0.1, 0.15) is 12.5 Å². The Morgan fingerprint density at radius 3 is 1.98 bits per heavy atom. The van der Waals surface area contributed by atoms with Crippen LogP contribution in [0, 0.1) is 0 Å². The molecule has 0 spiro atoms. The van der Waals surface area contributed by atoms with E-state index in [1.807, 2.05) is 0 Å². The molecule has 0 aliphatic heterocycles. The summed E-state index contributed by atoms with van der Waals surface area (Å²) in [5.41, 5.74) is 12.5. The van der Waals surface area contributed by atoms with Gasteiger partial charge in [-0.3, -0.25) is 4.40 Å². The maximum absolute atomic E-state index is 5.74. The number of nitrogens with zero attached hydrogens (tertiary/aromatic N) is 4. The molecule has 0 atom stereocenters. The smallest absolute Gasteiger partial charge is 0.146 e. The van der Waals surface area contributed by atoms with Crippen LogP contribution in [-0.4, -0.2) is 13.8 Å². The topological polar surface area (TPSA) is 24.9 Å². The van der Waals surface area contributed by atoms with Crippen molar-refractivity contribution in [3.05, 3.63) is 175 Å². The zero-order chi connectivity index (χ0) is 35.5. The van der Waals surface area contributed by atoms with E-state index in [1.54, 1.807) is 0 Å². The lowest BCUT2D eigenvalue weighted by atomic mass is 9.98. The molecule has 5 aromatic heterocycles. The zero-order valence-electron chi connectivity index (χ0n) is 29.5. The molecule has 0 radical (unpaired) electrons. The summed E-state index contributed by atoms with van der Waals surface area (Å²) < 4.78 is 4.92. The van der Waals surface area contributed by atoms with Gasteiger partial charge in [0, 0.05) is 54.5 Å². The van der Waals surface area contributed by atoms with Crippen molar-refractivity contribution in [3.8, 4) is 0 Å². The Labute approximate surface area is 310 Å². The Morgan fingerprint density at radius 2 is 1.19 bits per heavy atom. The van der Waals surface area contributed by atoms with E-state index in [0.29, 0.717) is 0 Å². The number of fused-ring (bicyclic) bond motifs is 13. The van der Waals surface area contributed by atoms with Gasteiger partial charge in [0.05, 0.1) is 38.8 Å². The second-order valence-electron chi connectivity index (χ2n) is 14.3. The maximum atomic E-state index is 5.74. The summed E-state index contributed by atoms with van der Waals surface area (Å²) in [6, 6.07) is 55.2.